The average molecular weight is 278 g/mol. The molecule has 6 heteroatoms. The fourth-order valence-corrected chi connectivity index (χ4v) is 2.58. The second kappa shape index (κ2) is 6.95. The van der Waals surface area contributed by atoms with Crippen molar-refractivity contribution in [3.05, 3.63) is 0 Å². The van der Waals surface area contributed by atoms with E-state index < -0.39 is 12.0 Å². The van der Waals surface area contributed by atoms with Crippen LogP contribution in [-0.2, 0) is 14.3 Å². The number of carbonyl (C=O) groups is 2. The van der Waals surface area contributed by atoms with Crippen molar-refractivity contribution in [2.45, 2.75) is 50.7 Å². The lowest BCUT2D eigenvalue weighted by atomic mass is 9.89. The Labute approximate surface area is 113 Å². The smallest absolute Gasteiger partial charge is 0.320 e. The molecule has 2 atom stereocenters. The molecule has 2 N–H and O–H groups in total. The highest BCUT2D eigenvalue weighted by molar-refractivity contribution is 5.85. The fourth-order valence-electron chi connectivity index (χ4n) is 2.58. The molecule has 5 nitrogen and oxygen atoms in total. The molecule has 104 valence electrons. The number of carbonyl (C=O) groups excluding carboxylic acids is 1. The molecule has 0 aromatic rings. The Hall–Kier alpha value is -0.810. The number of hydrogen-bond acceptors (Lipinski definition) is 4. The van der Waals surface area contributed by atoms with Gasteiger partial charge in [0.05, 0.1) is 5.92 Å². The first-order valence-electron chi connectivity index (χ1n) is 6.33. The van der Waals surface area contributed by atoms with Gasteiger partial charge in [0.2, 0.25) is 0 Å². The van der Waals surface area contributed by atoms with Crippen molar-refractivity contribution in [2.75, 3.05) is 6.54 Å². The number of carboxylic acid groups (broad SMARTS) is 1. The molecular weight excluding hydrogens is 258 g/mol. The molecule has 0 aromatic carbocycles. The van der Waals surface area contributed by atoms with E-state index in [1.807, 2.05) is 0 Å². The monoisotopic (exact) mass is 277 g/mol. The van der Waals surface area contributed by atoms with E-state index in [0.29, 0.717) is 13.0 Å². The third-order valence-electron chi connectivity index (χ3n) is 3.61. The van der Waals surface area contributed by atoms with Crippen molar-refractivity contribution < 1.29 is 19.4 Å². The number of carboxylic acids is 1. The van der Waals surface area contributed by atoms with Crippen LogP contribution in [0.15, 0.2) is 0 Å². The Morgan fingerprint density at radius 1 is 1.17 bits per heavy atom. The third kappa shape index (κ3) is 3.85. The van der Waals surface area contributed by atoms with Crippen LogP contribution >= 0.6 is 12.4 Å². The van der Waals surface area contributed by atoms with Crippen LogP contribution in [0.5, 0.6) is 0 Å². The molecule has 0 spiro atoms. The highest BCUT2D eigenvalue weighted by Crippen LogP contribution is 2.25. The van der Waals surface area contributed by atoms with E-state index in [1.165, 1.54) is 6.42 Å². The second-order valence-electron chi connectivity index (χ2n) is 4.93. The van der Waals surface area contributed by atoms with Crippen molar-refractivity contribution in [3.8, 4) is 0 Å². The minimum atomic E-state index is -0.874. The van der Waals surface area contributed by atoms with E-state index in [0.717, 1.165) is 25.7 Å². The predicted octanol–water partition coefficient (Wildman–Crippen LogP) is 1.35. The highest BCUT2D eigenvalue weighted by atomic mass is 35.5. The van der Waals surface area contributed by atoms with Gasteiger partial charge in [0.15, 0.2) is 0 Å². The molecule has 18 heavy (non-hydrogen) atoms. The van der Waals surface area contributed by atoms with Gasteiger partial charge in [-0.25, -0.2) is 0 Å². The van der Waals surface area contributed by atoms with E-state index in [2.05, 4.69) is 5.32 Å². The van der Waals surface area contributed by atoms with Gasteiger partial charge in [0.25, 0.3) is 0 Å². The number of halogens is 1. The topological polar surface area (TPSA) is 75.6 Å². The number of hydrogen-bond donors (Lipinski definition) is 2. The molecule has 2 aliphatic rings. The fraction of sp³-hybridized carbons (Fsp3) is 0.833. The highest BCUT2D eigenvalue weighted by Gasteiger charge is 2.33. The van der Waals surface area contributed by atoms with Crippen molar-refractivity contribution in [1.29, 1.82) is 0 Å². The first-order chi connectivity index (χ1) is 8.16. The van der Waals surface area contributed by atoms with Gasteiger partial charge >= 0.3 is 11.9 Å². The zero-order valence-electron chi connectivity index (χ0n) is 10.3. The molecule has 1 heterocycles. The number of nitrogens with one attached hydrogen (secondary N) is 1. The van der Waals surface area contributed by atoms with Crippen LogP contribution in [0.4, 0.5) is 0 Å². The summed E-state index contributed by atoms with van der Waals surface area (Å²) in [6.07, 6.45) is 5.35. The Bertz CT molecular complexity index is 304. The molecule has 1 saturated carbocycles. The molecule has 0 unspecified atom stereocenters. The molecule has 2 rings (SSSR count). The minimum Gasteiger partial charge on any atom is -0.480 e. The van der Waals surface area contributed by atoms with Crippen LogP contribution in [0, 0.1) is 5.92 Å². The summed E-state index contributed by atoms with van der Waals surface area (Å²) in [4.78, 5) is 22.6. The predicted molar refractivity (Wildman–Crippen MR) is 67.7 cm³/mol. The second-order valence-corrected chi connectivity index (χ2v) is 4.93. The van der Waals surface area contributed by atoms with Crippen LogP contribution < -0.4 is 5.32 Å². The number of ether oxygens (including phenoxy) is 1. The summed E-state index contributed by atoms with van der Waals surface area (Å²) in [5.74, 6) is -0.976. The maximum atomic E-state index is 11.8. The average Bonchev–Trinajstić information content (AvgIpc) is 2.79. The summed E-state index contributed by atoms with van der Waals surface area (Å²) in [5, 5.41) is 11.6. The van der Waals surface area contributed by atoms with Crippen LogP contribution in [0.2, 0.25) is 0 Å². The summed E-state index contributed by atoms with van der Waals surface area (Å²) in [7, 11) is 0. The van der Waals surface area contributed by atoms with E-state index in [-0.39, 0.29) is 30.4 Å². The SMILES string of the molecule is Cl.O=C(O[C@H]1CN[C@H](C(=O)O)C1)C1CCCCC1. The van der Waals surface area contributed by atoms with Crippen LogP contribution in [0.1, 0.15) is 38.5 Å². The van der Waals surface area contributed by atoms with Crippen molar-refractivity contribution in [3.63, 3.8) is 0 Å². The number of esters is 1. The molecule has 1 aliphatic carbocycles. The Morgan fingerprint density at radius 3 is 2.39 bits per heavy atom. The molecule has 0 radical (unpaired) electrons. The third-order valence-corrected chi connectivity index (χ3v) is 3.61. The quantitative estimate of drug-likeness (QED) is 0.762. The van der Waals surface area contributed by atoms with Gasteiger partial charge in [-0.1, -0.05) is 19.3 Å². The lowest BCUT2D eigenvalue weighted by Gasteiger charge is -2.21. The Balaban J connectivity index is 0.00000162. The van der Waals surface area contributed by atoms with Crippen LogP contribution in [0.3, 0.4) is 0 Å². The van der Waals surface area contributed by atoms with Gasteiger partial charge in [-0.05, 0) is 12.8 Å². The van der Waals surface area contributed by atoms with Crippen molar-refractivity contribution in [1.82, 2.24) is 5.32 Å². The lowest BCUT2D eigenvalue weighted by molar-refractivity contribution is -0.155. The zero-order chi connectivity index (χ0) is 12.3. The summed E-state index contributed by atoms with van der Waals surface area (Å²) in [6.45, 7) is 0.454. The molecule has 2 fully saturated rings. The summed E-state index contributed by atoms with van der Waals surface area (Å²) in [5.41, 5.74) is 0. The standard InChI is InChI=1S/C12H19NO4.ClH/c14-11(15)10-6-9(7-13-10)17-12(16)8-4-2-1-3-5-8;/h8-10,13H,1-7H2,(H,14,15);1H/t9-,10+;/m1./s1. The van der Waals surface area contributed by atoms with Gasteiger partial charge in [0.1, 0.15) is 12.1 Å². The minimum absolute atomic E-state index is 0. The maximum Gasteiger partial charge on any atom is 0.320 e. The van der Waals surface area contributed by atoms with E-state index in [1.54, 1.807) is 0 Å². The van der Waals surface area contributed by atoms with Gasteiger partial charge in [-0.2, -0.15) is 0 Å². The maximum absolute atomic E-state index is 11.8. The van der Waals surface area contributed by atoms with Gasteiger partial charge in [-0.15, -0.1) is 12.4 Å². The summed E-state index contributed by atoms with van der Waals surface area (Å²) in [6, 6.07) is -0.570. The van der Waals surface area contributed by atoms with E-state index >= 15 is 0 Å². The number of rotatable bonds is 3. The summed E-state index contributed by atoms with van der Waals surface area (Å²) >= 11 is 0. The lowest BCUT2D eigenvalue weighted by Crippen LogP contribution is -2.30. The molecule has 0 aromatic heterocycles. The van der Waals surface area contributed by atoms with E-state index in [4.69, 9.17) is 9.84 Å². The van der Waals surface area contributed by atoms with Gasteiger partial charge < -0.3 is 15.2 Å². The first kappa shape index (κ1) is 15.2. The normalized spacial score (nSPS) is 28.4. The van der Waals surface area contributed by atoms with Crippen LogP contribution in [-0.4, -0.2) is 35.7 Å². The first-order valence-corrected chi connectivity index (χ1v) is 6.33. The van der Waals surface area contributed by atoms with Crippen LogP contribution in [0.25, 0.3) is 0 Å². The van der Waals surface area contributed by atoms with Gasteiger partial charge in [0, 0.05) is 13.0 Å². The molecule has 0 bridgehead atoms. The van der Waals surface area contributed by atoms with E-state index in [9.17, 15) is 9.59 Å². The number of aliphatic carboxylic acids is 1. The Kier molecular flexibility index (Phi) is 5.88. The zero-order valence-corrected chi connectivity index (χ0v) is 11.1. The largest absolute Gasteiger partial charge is 0.480 e. The van der Waals surface area contributed by atoms with Crippen molar-refractivity contribution in [2.24, 2.45) is 5.92 Å². The molecule has 1 saturated heterocycles. The summed E-state index contributed by atoms with van der Waals surface area (Å²) < 4.78 is 5.37. The van der Waals surface area contributed by atoms with Crippen molar-refractivity contribution >= 4 is 24.3 Å². The molecule has 1 aliphatic heterocycles. The molecule has 0 amide bonds. The van der Waals surface area contributed by atoms with Gasteiger partial charge in [-0.3, -0.25) is 9.59 Å². The molecular formula is C12H20ClNO4. The Morgan fingerprint density at radius 2 is 1.83 bits per heavy atom.